The Morgan fingerprint density at radius 2 is 1.96 bits per heavy atom. The average molecular weight is 361 g/mol. The molecule has 1 aromatic rings. The van der Waals surface area contributed by atoms with Crippen LogP contribution < -0.4 is 5.43 Å². The number of amides is 2. The average Bonchev–Trinajstić information content (AvgIpc) is 2.58. The molecule has 1 saturated heterocycles. The lowest BCUT2D eigenvalue weighted by Gasteiger charge is -2.33. The van der Waals surface area contributed by atoms with Crippen molar-refractivity contribution >= 4 is 17.9 Å². The van der Waals surface area contributed by atoms with E-state index < -0.39 is 11.7 Å². The Morgan fingerprint density at radius 3 is 2.62 bits per heavy atom. The number of rotatable bonds is 3. The molecule has 1 aromatic carbocycles. The predicted octanol–water partition coefficient (Wildman–Crippen LogP) is 3.69. The van der Waals surface area contributed by atoms with Gasteiger partial charge in [0.1, 0.15) is 12.2 Å². The highest BCUT2D eigenvalue weighted by atomic mass is 16.6. The van der Waals surface area contributed by atoms with Crippen LogP contribution in [0, 0.1) is 0 Å². The number of piperidine rings is 1. The van der Waals surface area contributed by atoms with Crippen molar-refractivity contribution in [2.24, 2.45) is 5.10 Å². The zero-order valence-corrected chi connectivity index (χ0v) is 15.8. The molecule has 2 rings (SSSR count). The molecule has 1 N–H and O–H groups in total. The fourth-order valence-corrected chi connectivity index (χ4v) is 2.53. The first kappa shape index (κ1) is 19.8. The van der Waals surface area contributed by atoms with Gasteiger partial charge in [-0.15, -0.1) is 0 Å². The van der Waals surface area contributed by atoms with Crippen LogP contribution in [0.5, 0.6) is 0 Å². The highest BCUT2D eigenvalue weighted by Crippen LogP contribution is 2.17. The third-order valence-corrected chi connectivity index (χ3v) is 3.88. The molecule has 26 heavy (non-hydrogen) atoms. The quantitative estimate of drug-likeness (QED) is 0.833. The Bertz CT molecular complexity index is 652. The molecule has 7 nitrogen and oxygen atoms in total. The first-order valence-corrected chi connectivity index (χ1v) is 8.76. The summed E-state index contributed by atoms with van der Waals surface area (Å²) >= 11 is 0. The molecule has 1 aliphatic heterocycles. The van der Waals surface area contributed by atoms with Gasteiger partial charge < -0.3 is 9.47 Å². The zero-order chi connectivity index (χ0) is 19.2. The summed E-state index contributed by atoms with van der Waals surface area (Å²) < 4.78 is 10.5. The van der Waals surface area contributed by atoms with Crippen LogP contribution in [-0.4, -0.2) is 41.0 Å². The summed E-state index contributed by atoms with van der Waals surface area (Å²) in [5.41, 5.74) is 3.45. The summed E-state index contributed by atoms with van der Waals surface area (Å²) in [4.78, 5) is 25.7. The second-order valence-corrected chi connectivity index (χ2v) is 7.35. The molecule has 0 saturated carbocycles. The molecule has 0 aromatic heterocycles. The highest BCUT2D eigenvalue weighted by molar-refractivity contribution is 5.90. The number of nitrogens with zero attached hydrogens (tertiary/aromatic N) is 2. The normalized spacial score (nSPS) is 19.2. The van der Waals surface area contributed by atoms with Crippen molar-refractivity contribution in [1.29, 1.82) is 0 Å². The summed E-state index contributed by atoms with van der Waals surface area (Å²) in [6.07, 6.45) is 0.474. The summed E-state index contributed by atoms with van der Waals surface area (Å²) in [5.74, 6) is 0. The van der Waals surface area contributed by atoms with E-state index in [1.807, 2.05) is 37.3 Å². The Labute approximate surface area is 154 Å². The number of carbonyl (C=O) groups excluding carboxylic acids is 2. The third-order valence-electron chi connectivity index (χ3n) is 3.88. The molecule has 142 valence electrons. The maximum atomic E-state index is 12.4. The largest absolute Gasteiger partial charge is 0.445 e. The van der Waals surface area contributed by atoms with E-state index in [4.69, 9.17) is 9.47 Å². The lowest BCUT2D eigenvalue weighted by molar-refractivity contribution is 0.0528. The Hall–Kier alpha value is -2.57. The summed E-state index contributed by atoms with van der Waals surface area (Å²) in [6, 6.07) is 9.59. The Balaban J connectivity index is 1.89. The summed E-state index contributed by atoms with van der Waals surface area (Å²) in [6.45, 7) is 7.88. The standard InChI is InChI=1S/C19H27N3O4/c1-14-10-11-16(20-21-17(23)26-19(2,3)4)12-22(14)18(24)25-13-15-8-6-5-7-9-15/h5-9,14H,10-13H2,1-4H3,(H,21,23)/b20-16+. The van der Waals surface area contributed by atoms with E-state index in [1.54, 1.807) is 25.7 Å². The zero-order valence-electron chi connectivity index (χ0n) is 15.8. The fraction of sp³-hybridized carbons (Fsp3) is 0.526. The first-order valence-electron chi connectivity index (χ1n) is 8.76. The second-order valence-electron chi connectivity index (χ2n) is 7.35. The van der Waals surface area contributed by atoms with E-state index >= 15 is 0 Å². The van der Waals surface area contributed by atoms with E-state index in [0.29, 0.717) is 18.7 Å². The van der Waals surface area contributed by atoms with Gasteiger partial charge in [-0.2, -0.15) is 5.10 Å². The number of carbonyl (C=O) groups is 2. The van der Waals surface area contributed by atoms with Crippen LogP contribution in [-0.2, 0) is 16.1 Å². The molecule has 1 unspecified atom stereocenters. The second kappa shape index (κ2) is 8.69. The minimum Gasteiger partial charge on any atom is -0.445 e. The molecule has 1 fully saturated rings. The highest BCUT2D eigenvalue weighted by Gasteiger charge is 2.28. The number of nitrogens with one attached hydrogen (secondary N) is 1. The molecule has 7 heteroatoms. The van der Waals surface area contributed by atoms with E-state index in [9.17, 15) is 9.59 Å². The van der Waals surface area contributed by atoms with Gasteiger partial charge in [-0.3, -0.25) is 4.90 Å². The lowest BCUT2D eigenvalue weighted by Crippen LogP contribution is -2.46. The third kappa shape index (κ3) is 6.38. The summed E-state index contributed by atoms with van der Waals surface area (Å²) in [7, 11) is 0. The molecule has 0 spiro atoms. The fourth-order valence-electron chi connectivity index (χ4n) is 2.53. The summed E-state index contributed by atoms with van der Waals surface area (Å²) in [5, 5.41) is 4.10. The smallest absolute Gasteiger partial charge is 0.428 e. The maximum Gasteiger partial charge on any atom is 0.428 e. The number of hydrazone groups is 1. The molecule has 0 radical (unpaired) electrons. The SMILES string of the molecule is CC1CC/C(=N\NC(=O)OC(C)(C)C)CN1C(=O)OCc1ccccc1. The molecular weight excluding hydrogens is 334 g/mol. The molecule has 1 atom stereocenters. The van der Waals surface area contributed by atoms with Crippen molar-refractivity contribution in [2.75, 3.05) is 6.54 Å². The predicted molar refractivity (Wildman–Crippen MR) is 98.8 cm³/mol. The molecule has 1 heterocycles. The van der Waals surface area contributed by atoms with Gasteiger partial charge in [0.05, 0.1) is 12.3 Å². The van der Waals surface area contributed by atoms with Crippen molar-refractivity contribution < 1.29 is 19.1 Å². The number of hydrogen-bond acceptors (Lipinski definition) is 5. The Kier molecular flexibility index (Phi) is 6.60. The van der Waals surface area contributed by atoms with Gasteiger partial charge in [-0.05, 0) is 46.1 Å². The van der Waals surface area contributed by atoms with Crippen LogP contribution in [0.15, 0.2) is 35.4 Å². The first-order chi connectivity index (χ1) is 12.2. The van der Waals surface area contributed by atoms with Gasteiger partial charge in [0.15, 0.2) is 0 Å². The maximum absolute atomic E-state index is 12.4. The number of benzene rings is 1. The molecule has 0 aliphatic carbocycles. The number of hydrogen-bond donors (Lipinski definition) is 1. The topological polar surface area (TPSA) is 80.2 Å². The van der Waals surface area contributed by atoms with Gasteiger partial charge in [-0.25, -0.2) is 15.0 Å². The lowest BCUT2D eigenvalue weighted by atomic mass is 10.0. The molecule has 1 aliphatic rings. The monoisotopic (exact) mass is 361 g/mol. The van der Waals surface area contributed by atoms with Crippen molar-refractivity contribution in [2.45, 2.75) is 58.8 Å². The van der Waals surface area contributed by atoms with Crippen LogP contribution in [0.1, 0.15) is 46.1 Å². The van der Waals surface area contributed by atoms with Crippen molar-refractivity contribution in [1.82, 2.24) is 10.3 Å². The molecule has 2 amide bonds. The Morgan fingerprint density at radius 1 is 1.27 bits per heavy atom. The number of likely N-dealkylation sites (tertiary alicyclic amines) is 1. The van der Waals surface area contributed by atoms with E-state index in [2.05, 4.69) is 10.5 Å². The van der Waals surface area contributed by atoms with Gasteiger partial charge in [-0.1, -0.05) is 30.3 Å². The molecular formula is C19H27N3O4. The number of ether oxygens (including phenoxy) is 2. The van der Waals surface area contributed by atoms with Crippen molar-refractivity contribution in [3.63, 3.8) is 0 Å². The van der Waals surface area contributed by atoms with Gasteiger partial charge in [0.25, 0.3) is 0 Å². The van der Waals surface area contributed by atoms with Gasteiger partial charge >= 0.3 is 12.2 Å². The van der Waals surface area contributed by atoms with Crippen LogP contribution in [0.25, 0.3) is 0 Å². The van der Waals surface area contributed by atoms with Crippen LogP contribution in [0.2, 0.25) is 0 Å². The van der Waals surface area contributed by atoms with Crippen molar-refractivity contribution in [3.05, 3.63) is 35.9 Å². The van der Waals surface area contributed by atoms with Crippen LogP contribution in [0.3, 0.4) is 0 Å². The van der Waals surface area contributed by atoms with Gasteiger partial charge in [0.2, 0.25) is 0 Å². The van der Waals surface area contributed by atoms with E-state index in [-0.39, 0.29) is 18.7 Å². The van der Waals surface area contributed by atoms with E-state index in [0.717, 1.165) is 12.0 Å². The van der Waals surface area contributed by atoms with Crippen LogP contribution >= 0.6 is 0 Å². The minimum atomic E-state index is -0.609. The van der Waals surface area contributed by atoms with Crippen LogP contribution in [0.4, 0.5) is 9.59 Å². The minimum absolute atomic E-state index is 0.0544. The molecule has 0 bridgehead atoms. The van der Waals surface area contributed by atoms with Crippen molar-refractivity contribution in [3.8, 4) is 0 Å². The van der Waals surface area contributed by atoms with Gasteiger partial charge in [0, 0.05) is 6.04 Å². The van der Waals surface area contributed by atoms with E-state index in [1.165, 1.54) is 0 Å².